The summed E-state index contributed by atoms with van der Waals surface area (Å²) in [5.74, 6) is 0.480. The molecule has 0 aliphatic heterocycles. The third kappa shape index (κ3) is 5.02. The Bertz CT molecular complexity index is 620. The van der Waals surface area contributed by atoms with Gasteiger partial charge in [-0.25, -0.2) is 0 Å². The van der Waals surface area contributed by atoms with Gasteiger partial charge in [-0.2, -0.15) is 0 Å². The monoisotopic (exact) mass is 319 g/mol. The molecule has 5 nitrogen and oxygen atoms in total. The Morgan fingerprint density at radius 3 is 2.91 bits per heavy atom. The summed E-state index contributed by atoms with van der Waals surface area (Å²) in [7, 11) is 1.55. The maximum atomic E-state index is 11.9. The standard InChI is InChI=1S/C16H18ClN3O2/c1-22-15-6-5-12(17)10-14(15)20-16(21)7-9-18-11-13-4-2-3-8-19-13/h2-6,8,10,18H,7,9,11H2,1H3,(H,20,21). The minimum atomic E-state index is -0.103. The lowest BCUT2D eigenvalue weighted by Gasteiger charge is -2.10. The molecular weight excluding hydrogens is 302 g/mol. The second kappa shape index (κ2) is 8.36. The molecule has 0 bridgehead atoms. The first-order valence-electron chi connectivity index (χ1n) is 6.93. The van der Waals surface area contributed by atoms with Crippen molar-refractivity contribution >= 4 is 23.2 Å². The molecule has 0 radical (unpaired) electrons. The van der Waals surface area contributed by atoms with Crippen LogP contribution in [-0.4, -0.2) is 24.5 Å². The zero-order chi connectivity index (χ0) is 15.8. The van der Waals surface area contributed by atoms with Gasteiger partial charge in [-0.3, -0.25) is 9.78 Å². The summed E-state index contributed by atoms with van der Waals surface area (Å²) in [5.41, 5.74) is 1.52. The van der Waals surface area contributed by atoms with Crippen LogP contribution in [0.5, 0.6) is 5.75 Å². The van der Waals surface area contributed by atoms with Crippen LogP contribution in [0, 0.1) is 0 Å². The number of ether oxygens (including phenoxy) is 1. The number of hydrogen-bond donors (Lipinski definition) is 2. The van der Waals surface area contributed by atoms with Gasteiger partial charge in [0.2, 0.25) is 5.91 Å². The number of nitrogens with one attached hydrogen (secondary N) is 2. The fraction of sp³-hybridized carbons (Fsp3) is 0.250. The van der Waals surface area contributed by atoms with E-state index in [0.29, 0.717) is 36.0 Å². The normalized spacial score (nSPS) is 10.3. The van der Waals surface area contributed by atoms with Crippen LogP contribution in [0.25, 0.3) is 0 Å². The topological polar surface area (TPSA) is 63.2 Å². The van der Waals surface area contributed by atoms with Crippen LogP contribution in [-0.2, 0) is 11.3 Å². The molecule has 0 spiro atoms. The van der Waals surface area contributed by atoms with E-state index in [0.717, 1.165) is 5.69 Å². The molecule has 116 valence electrons. The van der Waals surface area contributed by atoms with Gasteiger partial charge in [-0.1, -0.05) is 17.7 Å². The largest absolute Gasteiger partial charge is 0.495 e. The third-order valence-electron chi connectivity index (χ3n) is 3.00. The molecule has 0 aliphatic carbocycles. The predicted molar refractivity (Wildman–Crippen MR) is 87.2 cm³/mol. The molecule has 0 aliphatic rings. The average Bonchev–Trinajstić information content (AvgIpc) is 2.53. The van der Waals surface area contributed by atoms with Gasteiger partial charge >= 0.3 is 0 Å². The molecule has 2 N–H and O–H groups in total. The number of hydrogen-bond acceptors (Lipinski definition) is 4. The summed E-state index contributed by atoms with van der Waals surface area (Å²) in [5, 5.41) is 6.52. The van der Waals surface area contributed by atoms with Crippen molar-refractivity contribution < 1.29 is 9.53 Å². The quantitative estimate of drug-likeness (QED) is 0.770. The van der Waals surface area contributed by atoms with Gasteiger partial charge in [0.15, 0.2) is 0 Å². The number of nitrogens with zero attached hydrogens (tertiary/aromatic N) is 1. The number of pyridine rings is 1. The van der Waals surface area contributed by atoms with Crippen molar-refractivity contribution in [2.24, 2.45) is 0 Å². The van der Waals surface area contributed by atoms with E-state index in [9.17, 15) is 4.79 Å². The van der Waals surface area contributed by atoms with Gasteiger partial charge in [-0.05, 0) is 30.3 Å². The molecule has 0 atom stereocenters. The lowest BCUT2D eigenvalue weighted by atomic mass is 10.2. The number of benzene rings is 1. The van der Waals surface area contributed by atoms with Crippen molar-refractivity contribution in [3.63, 3.8) is 0 Å². The van der Waals surface area contributed by atoms with Crippen LogP contribution in [0.2, 0.25) is 5.02 Å². The highest BCUT2D eigenvalue weighted by atomic mass is 35.5. The molecule has 1 amide bonds. The number of anilines is 1. The number of carbonyl (C=O) groups is 1. The highest BCUT2D eigenvalue weighted by Crippen LogP contribution is 2.27. The molecular formula is C16H18ClN3O2. The minimum Gasteiger partial charge on any atom is -0.495 e. The van der Waals surface area contributed by atoms with Crippen molar-refractivity contribution in [3.8, 4) is 5.75 Å². The molecule has 0 fully saturated rings. The van der Waals surface area contributed by atoms with E-state index in [4.69, 9.17) is 16.3 Å². The molecule has 0 saturated carbocycles. The number of carbonyl (C=O) groups excluding carboxylic acids is 1. The van der Waals surface area contributed by atoms with Gasteiger partial charge in [0.25, 0.3) is 0 Å². The second-order valence-corrected chi connectivity index (χ2v) is 5.08. The van der Waals surface area contributed by atoms with Crippen molar-refractivity contribution in [3.05, 3.63) is 53.3 Å². The zero-order valence-corrected chi connectivity index (χ0v) is 13.1. The fourth-order valence-corrected chi connectivity index (χ4v) is 2.08. The lowest BCUT2D eigenvalue weighted by Crippen LogP contribution is -2.22. The van der Waals surface area contributed by atoms with Gasteiger partial charge in [0, 0.05) is 30.7 Å². The highest BCUT2D eigenvalue weighted by Gasteiger charge is 2.08. The van der Waals surface area contributed by atoms with E-state index < -0.39 is 0 Å². The molecule has 22 heavy (non-hydrogen) atoms. The molecule has 1 heterocycles. The molecule has 1 aromatic heterocycles. The van der Waals surface area contributed by atoms with Crippen LogP contribution >= 0.6 is 11.6 Å². The van der Waals surface area contributed by atoms with Crippen LogP contribution in [0.1, 0.15) is 12.1 Å². The van der Waals surface area contributed by atoms with E-state index in [1.165, 1.54) is 0 Å². The Morgan fingerprint density at radius 1 is 1.32 bits per heavy atom. The van der Waals surface area contributed by atoms with E-state index in [1.807, 2.05) is 18.2 Å². The number of halogens is 1. The van der Waals surface area contributed by atoms with Crippen molar-refractivity contribution in [2.45, 2.75) is 13.0 Å². The van der Waals surface area contributed by atoms with Gasteiger partial charge in [0.1, 0.15) is 5.75 Å². The van der Waals surface area contributed by atoms with Crippen LogP contribution in [0.3, 0.4) is 0 Å². The van der Waals surface area contributed by atoms with E-state index >= 15 is 0 Å². The van der Waals surface area contributed by atoms with Gasteiger partial charge in [-0.15, -0.1) is 0 Å². The highest BCUT2D eigenvalue weighted by molar-refractivity contribution is 6.31. The summed E-state index contributed by atoms with van der Waals surface area (Å²) < 4.78 is 5.19. The first-order valence-corrected chi connectivity index (χ1v) is 7.31. The maximum absolute atomic E-state index is 11.9. The molecule has 1 aromatic carbocycles. The van der Waals surface area contributed by atoms with Crippen molar-refractivity contribution in [2.75, 3.05) is 19.0 Å². The van der Waals surface area contributed by atoms with Crippen molar-refractivity contribution in [1.82, 2.24) is 10.3 Å². The van der Waals surface area contributed by atoms with Crippen molar-refractivity contribution in [1.29, 1.82) is 0 Å². The van der Waals surface area contributed by atoms with Gasteiger partial charge < -0.3 is 15.4 Å². The Morgan fingerprint density at radius 2 is 2.18 bits per heavy atom. The van der Waals surface area contributed by atoms with E-state index in [2.05, 4.69) is 15.6 Å². The summed E-state index contributed by atoms with van der Waals surface area (Å²) >= 11 is 5.93. The average molecular weight is 320 g/mol. The maximum Gasteiger partial charge on any atom is 0.225 e. The number of methoxy groups -OCH3 is 1. The first-order chi connectivity index (χ1) is 10.7. The van der Waals surface area contributed by atoms with E-state index in [1.54, 1.807) is 31.5 Å². The molecule has 2 rings (SSSR count). The number of amides is 1. The Hall–Kier alpha value is -2.11. The smallest absolute Gasteiger partial charge is 0.225 e. The summed E-state index contributed by atoms with van der Waals surface area (Å²) in [6, 6.07) is 10.8. The Balaban J connectivity index is 1.77. The molecule has 6 heteroatoms. The summed E-state index contributed by atoms with van der Waals surface area (Å²) in [4.78, 5) is 16.1. The van der Waals surface area contributed by atoms with Crippen LogP contribution in [0.15, 0.2) is 42.6 Å². The lowest BCUT2D eigenvalue weighted by molar-refractivity contribution is -0.116. The SMILES string of the molecule is COc1ccc(Cl)cc1NC(=O)CCNCc1ccccn1. The number of aromatic nitrogens is 1. The minimum absolute atomic E-state index is 0.103. The molecule has 2 aromatic rings. The second-order valence-electron chi connectivity index (χ2n) is 4.64. The molecule has 0 unspecified atom stereocenters. The first kappa shape index (κ1) is 16.3. The zero-order valence-electron chi connectivity index (χ0n) is 12.3. The Kier molecular flexibility index (Phi) is 6.18. The predicted octanol–water partition coefficient (Wildman–Crippen LogP) is 2.86. The Labute approximate surface area is 134 Å². The molecule has 0 saturated heterocycles. The van der Waals surface area contributed by atoms with Gasteiger partial charge in [0.05, 0.1) is 18.5 Å². The fourth-order valence-electron chi connectivity index (χ4n) is 1.91. The van der Waals surface area contributed by atoms with Crippen LogP contribution in [0.4, 0.5) is 5.69 Å². The number of rotatable bonds is 7. The third-order valence-corrected chi connectivity index (χ3v) is 3.23. The van der Waals surface area contributed by atoms with Crippen LogP contribution < -0.4 is 15.4 Å². The van der Waals surface area contributed by atoms with E-state index in [-0.39, 0.29) is 5.91 Å². The summed E-state index contributed by atoms with van der Waals surface area (Å²) in [6.07, 6.45) is 2.09. The summed E-state index contributed by atoms with van der Waals surface area (Å²) in [6.45, 7) is 1.19.